The molecular formula is C16H26N2O3. The molecule has 0 saturated carbocycles. The van der Waals surface area contributed by atoms with E-state index < -0.39 is 6.10 Å². The zero-order valence-corrected chi connectivity index (χ0v) is 13.1. The second kappa shape index (κ2) is 6.62. The van der Waals surface area contributed by atoms with E-state index >= 15 is 0 Å². The standard InChI is InChI=1S/C16H26N2O3/c1-16(2,3)15(20)18-8-6-12(7-9-18)17-11-13(19)14-5-4-10-21-14/h4-5,10,12-13,17,19H,6-9,11H2,1-3H3. The van der Waals surface area contributed by atoms with Crippen LogP contribution in [0.3, 0.4) is 0 Å². The first-order chi connectivity index (χ1) is 9.88. The highest BCUT2D eigenvalue weighted by Crippen LogP contribution is 2.21. The fourth-order valence-corrected chi connectivity index (χ4v) is 2.62. The Morgan fingerprint density at radius 2 is 2.14 bits per heavy atom. The molecule has 1 aromatic heterocycles. The molecule has 1 aromatic rings. The molecular weight excluding hydrogens is 268 g/mol. The number of nitrogens with one attached hydrogen (secondary N) is 1. The van der Waals surface area contributed by atoms with Gasteiger partial charge in [-0.25, -0.2) is 0 Å². The lowest BCUT2D eigenvalue weighted by Gasteiger charge is -2.36. The Kier molecular flexibility index (Phi) is 5.06. The summed E-state index contributed by atoms with van der Waals surface area (Å²) in [5.74, 6) is 0.805. The molecule has 0 radical (unpaired) electrons. The number of aliphatic hydroxyl groups excluding tert-OH is 1. The maximum Gasteiger partial charge on any atom is 0.227 e. The highest BCUT2D eigenvalue weighted by Gasteiger charge is 2.30. The molecule has 2 N–H and O–H groups in total. The van der Waals surface area contributed by atoms with Gasteiger partial charge in [-0.15, -0.1) is 0 Å². The number of furan rings is 1. The minimum atomic E-state index is -0.616. The average Bonchev–Trinajstić information content (AvgIpc) is 2.98. The monoisotopic (exact) mass is 294 g/mol. The van der Waals surface area contributed by atoms with Crippen LogP contribution < -0.4 is 5.32 Å². The van der Waals surface area contributed by atoms with Crippen LogP contribution >= 0.6 is 0 Å². The molecule has 5 heteroatoms. The summed E-state index contributed by atoms with van der Waals surface area (Å²) in [6, 6.07) is 3.89. The molecule has 0 spiro atoms. The van der Waals surface area contributed by atoms with Crippen molar-refractivity contribution in [2.75, 3.05) is 19.6 Å². The average molecular weight is 294 g/mol. The van der Waals surface area contributed by atoms with Gasteiger partial charge in [0.1, 0.15) is 11.9 Å². The van der Waals surface area contributed by atoms with Gasteiger partial charge in [0, 0.05) is 31.1 Å². The van der Waals surface area contributed by atoms with Crippen molar-refractivity contribution in [3.8, 4) is 0 Å². The van der Waals surface area contributed by atoms with Crippen LogP contribution in [0.15, 0.2) is 22.8 Å². The van der Waals surface area contributed by atoms with Gasteiger partial charge in [-0.1, -0.05) is 20.8 Å². The normalized spacial score (nSPS) is 18.8. The van der Waals surface area contributed by atoms with Crippen LogP contribution in [0.25, 0.3) is 0 Å². The molecule has 0 bridgehead atoms. The summed E-state index contributed by atoms with van der Waals surface area (Å²) < 4.78 is 5.18. The van der Waals surface area contributed by atoms with E-state index in [4.69, 9.17) is 4.42 Å². The molecule has 1 aliphatic heterocycles. The zero-order chi connectivity index (χ0) is 15.5. The number of aliphatic hydroxyl groups is 1. The number of hydrogen-bond acceptors (Lipinski definition) is 4. The van der Waals surface area contributed by atoms with Crippen molar-refractivity contribution in [1.82, 2.24) is 10.2 Å². The van der Waals surface area contributed by atoms with E-state index in [1.54, 1.807) is 18.4 Å². The van der Waals surface area contributed by atoms with Crippen LogP contribution in [0.4, 0.5) is 0 Å². The summed E-state index contributed by atoms with van der Waals surface area (Å²) >= 11 is 0. The van der Waals surface area contributed by atoms with Crippen molar-refractivity contribution < 1.29 is 14.3 Å². The highest BCUT2D eigenvalue weighted by atomic mass is 16.4. The van der Waals surface area contributed by atoms with E-state index in [1.165, 1.54) is 0 Å². The van der Waals surface area contributed by atoms with E-state index in [0.29, 0.717) is 18.3 Å². The third kappa shape index (κ3) is 4.32. The van der Waals surface area contributed by atoms with E-state index in [-0.39, 0.29) is 11.3 Å². The first-order valence-corrected chi connectivity index (χ1v) is 7.62. The molecule has 5 nitrogen and oxygen atoms in total. The largest absolute Gasteiger partial charge is 0.467 e. The number of likely N-dealkylation sites (tertiary alicyclic amines) is 1. The van der Waals surface area contributed by atoms with Crippen molar-refractivity contribution in [3.63, 3.8) is 0 Å². The lowest BCUT2D eigenvalue weighted by molar-refractivity contribution is -0.140. The lowest BCUT2D eigenvalue weighted by atomic mass is 9.93. The maximum absolute atomic E-state index is 12.2. The molecule has 2 rings (SSSR count). The Bertz CT molecular complexity index is 443. The van der Waals surface area contributed by atoms with E-state index in [9.17, 15) is 9.90 Å². The molecule has 118 valence electrons. The molecule has 2 heterocycles. The quantitative estimate of drug-likeness (QED) is 0.890. The van der Waals surface area contributed by atoms with Crippen LogP contribution in [-0.4, -0.2) is 41.6 Å². The Morgan fingerprint density at radius 1 is 1.48 bits per heavy atom. The Labute approximate surface area is 126 Å². The molecule has 1 unspecified atom stereocenters. The summed E-state index contributed by atoms with van der Waals surface area (Å²) in [5.41, 5.74) is -0.310. The number of rotatable bonds is 4. The van der Waals surface area contributed by atoms with E-state index in [0.717, 1.165) is 25.9 Å². The van der Waals surface area contributed by atoms with Gasteiger partial charge < -0.3 is 19.7 Å². The fourth-order valence-electron chi connectivity index (χ4n) is 2.62. The summed E-state index contributed by atoms with van der Waals surface area (Å²) in [7, 11) is 0. The van der Waals surface area contributed by atoms with Gasteiger partial charge in [-0.3, -0.25) is 4.79 Å². The van der Waals surface area contributed by atoms with E-state index in [2.05, 4.69) is 5.32 Å². The minimum Gasteiger partial charge on any atom is -0.467 e. The number of amides is 1. The zero-order valence-electron chi connectivity index (χ0n) is 13.1. The first kappa shape index (κ1) is 16.0. The lowest BCUT2D eigenvalue weighted by Crippen LogP contribution is -2.48. The molecule has 1 aliphatic rings. The first-order valence-electron chi connectivity index (χ1n) is 7.62. The number of piperidine rings is 1. The van der Waals surface area contributed by atoms with Gasteiger partial charge in [0.2, 0.25) is 5.91 Å². The van der Waals surface area contributed by atoms with Crippen molar-refractivity contribution in [2.24, 2.45) is 5.41 Å². The summed E-state index contributed by atoms with van der Waals surface area (Å²) in [6.07, 6.45) is 2.79. The van der Waals surface area contributed by atoms with Crippen molar-refractivity contribution in [1.29, 1.82) is 0 Å². The Balaban J connectivity index is 1.73. The molecule has 0 aliphatic carbocycles. The van der Waals surface area contributed by atoms with Crippen LogP contribution in [0, 0.1) is 5.41 Å². The number of carbonyl (C=O) groups is 1. The Morgan fingerprint density at radius 3 is 2.67 bits per heavy atom. The Hall–Kier alpha value is -1.33. The van der Waals surface area contributed by atoms with Gasteiger partial charge >= 0.3 is 0 Å². The van der Waals surface area contributed by atoms with Gasteiger partial charge in [0.05, 0.1) is 6.26 Å². The van der Waals surface area contributed by atoms with Crippen molar-refractivity contribution >= 4 is 5.91 Å². The predicted molar refractivity (Wildman–Crippen MR) is 80.7 cm³/mol. The fraction of sp³-hybridized carbons (Fsp3) is 0.688. The predicted octanol–water partition coefficient (Wildman–Crippen LogP) is 1.94. The van der Waals surface area contributed by atoms with Crippen LogP contribution in [-0.2, 0) is 4.79 Å². The molecule has 1 atom stereocenters. The van der Waals surface area contributed by atoms with Crippen LogP contribution in [0.1, 0.15) is 45.5 Å². The van der Waals surface area contributed by atoms with Crippen LogP contribution in [0.5, 0.6) is 0 Å². The second-order valence-electron chi connectivity index (χ2n) is 6.76. The highest BCUT2D eigenvalue weighted by molar-refractivity contribution is 5.81. The van der Waals surface area contributed by atoms with Crippen molar-refractivity contribution in [2.45, 2.75) is 45.8 Å². The summed E-state index contributed by atoms with van der Waals surface area (Å²) in [5, 5.41) is 13.3. The molecule has 21 heavy (non-hydrogen) atoms. The third-order valence-electron chi connectivity index (χ3n) is 3.90. The van der Waals surface area contributed by atoms with E-state index in [1.807, 2.05) is 25.7 Å². The SMILES string of the molecule is CC(C)(C)C(=O)N1CCC(NCC(O)c2ccco2)CC1. The smallest absolute Gasteiger partial charge is 0.227 e. The molecule has 0 aromatic carbocycles. The van der Waals surface area contributed by atoms with Crippen LogP contribution in [0.2, 0.25) is 0 Å². The second-order valence-corrected chi connectivity index (χ2v) is 6.76. The third-order valence-corrected chi connectivity index (χ3v) is 3.90. The summed E-state index contributed by atoms with van der Waals surface area (Å²) in [4.78, 5) is 14.1. The molecule has 1 amide bonds. The molecule has 1 fully saturated rings. The van der Waals surface area contributed by atoms with Crippen molar-refractivity contribution in [3.05, 3.63) is 24.2 Å². The maximum atomic E-state index is 12.2. The van der Waals surface area contributed by atoms with Gasteiger partial charge in [0.15, 0.2) is 0 Å². The number of hydrogen-bond donors (Lipinski definition) is 2. The number of nitrogens with zero attached hydrogens (tertiary/aromatic N) is 1. The van der Waals surface area contributed by atoms with Gasteiger partial charge in [-0.05, 0) is 25.0 Å². The number of carbonyl (C=O) groups excluding carboxylic acids is 1. The topological polar surface area (TPSA) is 65.7 Å². The minimum absolute atomic E-state index is 0.219. The summed E-state index contributed by atoms with van der Waals surface area (Å²) in [6.45, 7) is 7.92. The van der Waals surface area contributed by atoms with Gasteiger partial charge in [0.25, 0.3) is 0 Å². The van der Waals surface area contributed by atoms with Gasteiger partial charge in [-0.2, -0.15) is 0 Å². The molecule has 1 saturated heterocycles.